The minimum absolute atomic E-state index is 0.00407. The van der Waals surface area contributed by atoms with Crippen LogP contribution >= 0.6 is 0 Å². The van der Waals surface area contributed by atoms with Crippen molar-refractivity contribution in [2.24, 2.45) is 0 Å². The van der Waals surface area contributed by atoms with Crippen LogP contribution in [0.1, 0.15) is 38.8 Å². The molecule has 0 spiro atoms. The van der Waals surface area contributed by atoms with Crippen molar-refractivity contribution in [3.05, 3.63) is 24.0 Å². The lowest BCUT2D eigenvalue weighted by Gasteiger charge is -2.37. The maximum atomic E-state index is 12.6. The van der Waals surface area contributed by atoms with Crippen LogP contribution in [0.5, 0.6) is 0 Å². The lowest BCUT2D eigenvalue weighted by atomic mass is 10.0. The van der Waals surface area contributed by atoms with Gasteiger partial charge < -0.3 is 0 Å². The number of rotatable bonds is 2. The second-order valence-electron chi connectivity index (χ2n) is 4.95. The summed E-state index contributed by atoms with van der Waals surface area (Å²) in [5.74, 6) is 0. The van der Waals surface area contributed by atoms with Gasteiger partial charge in [0.05, 0.1) is 0 Å². The monoisotopic (exact) mass is 279 g/mol. The van der Waals surface area contributed by atoms with Crippen molar-refractivity contribution in [3.63, 3.8) is 0 Å². The van der Waals surface area contributed by atoms with Crippen molar-refractivity contribution in [1.82, 2.24) is 9.29 Å². The van der Waals surface area contributed by atoms with Crippen LogP contribution in [0.25, 0.3) is 0 Å². The molecule has 1 fully saturated rings. The molecule has 0 saturated carbocycles. The highest BCUT2D eigenvalue weighted by Gasteiger charge is 2.35. The minimum Gasteiger partial charge on any atom is -0.244 e. The Balaban J connectivity index is 2.38. The predicted molar refractivity (Wildman–Crippen MR) is 70.8 cm³/mol. The van der Waals surface area contributed by atoms with Gasteiger partial charge in [-0.3, -0.25) is 0 Å². The van der Waals surface area contributed by atoms with E-state index in [0.29, 0.717) is 0 Å². The molecule has 0 unspecified atom stereocenters. The van der Waals surface area contributed by atoms with Crippen molar-refractivity contribution < 1.29 is 8.42 Å². The van der Waals surface area contributed by atoms with Crippen LogP contribution in [0.15, 0.2) is 23.2 Å². The van der Waals surface area contributed by atoms with Gasteiger partial charge in [-0.05, 0) is 38.8 Å². The molecule has 1 aromatic heterocycles. The molecule has 2 atom stereocenters. The van der Waals surface area contributed by atoms with Crippen molar-refractivity contribution in [2.45, 2.75) is 50.1 Å². The Bertz CT molecular complexity index is 579. The van der Waals surface area contributed by atoms with E-state index in [1.54, 1.807) is 4.31 Å². The lowest BCUT2D eigenvalue weighted by molar-refractivity contribution is 0.204. The molecule has 19 heavy (non-hydrogen) atoms. The third-order valence-corrected chi connectivity index (χ3v) is 5.65. The van der Waals surface area contributed by atoms with Gasteiger partial charge >= 0.3 is 0 Å². The van der Waals surface area contributed by atoms with Gasteiger partial charge in [-0.15, -0.1) is 0 Å². The molecule has 0 aromatic carbocycles. The van der Waals surface area contributed by atoms with Crippen molar-refractivity contribution in [1.29, 1.82) is 5.26 Å². The van der Waals surface area contributed by atoms with Crippen LogP contribution in [0, 0.1) is 11.3 Å². The highest BCUT2D eigenvalue weighted by Crippen LogP contribution is 2.29. The number of hydrogen-bond donors (Lipinski definition) is 0. The Morgan fingerprint density at radius 3 is 2.42 bits per heavy atom. The maximum Gasteiger partial charge on any atom is 0.245 e. The minimum atomic E-state index is -3.52. The number of sulfonamides is 1. The summed E-state index contributed by atoms with van der Waals surface area (Å²) < 4.78 is 26.8. The molecule has 1 aliphatic rings. The van der Waals surface area contributed by atoms with Crippen LogP contribution in [-0.2, 0) is 10.0 Å². The molecule has 1 saturated heterocycles. The van der Waals surface area contributed by atoms with Crippen LogP contribution in [0.2, 0.25) is 0 Å². The van der Waals surface area contributed by atoms with E-state index in [9.17, 15) is 8.42 Å². The quantitative estimate of drug-likeness (QED) is 0.828. The van der Waals surface area contributed by atoms with Gasteiger partial charge in [0.25, 0.3) is 0 Å². The molecule has 2 heterocycles. The average Bonchev–Trinajstić information content (AvgIpc) is 2.38. The van der Waals surface area contributed by atoms with Crippen molar-refractivity contribution >= 4 is 10.0 Å². The summed E-state index contributed by atoms with van der Waals surface area (Å²) in [5.41, 5.74) is 0.221. The number of pyridine rings is 1. The molecule has 0 amide bonds. The third-order valence-electron chi connectivity index (χ3n) is 3.54. The van der Waals surface area contributed by atoms with E-state index in [0.717, 1.165) is 19.3 Å². The molecule has 5 nitrogen and oxygen atoms in total. The standard InChI is InChI=1S/C13H17N3O2S/c1-10-4-3-5-11(2)16(10)19(17,18)13-7-6-12(8-14)15-9-13/h6-7,9-11H,3-5H2,1-2H3/t10-,11+. The van der Waals surface area contributed by atoms with Gasteiger partial charge in [0.15, 0.2) is 0 Å². The summed E-state index contributed by atoms with van der Waals surface area (Å²) in [6.45, 7) is 3.87. The zero-order chi connectivity index (χ0) is 14.0. The maximum absolute atomic E-state index is 12.6. The number of nitriles is 1. The largest absolute Gasteiger partial charge is 0.245 e. The van der Waals surface area contributed by atoms with Crippen LogP contribution in [0.3, 0.4) is 0 Å². The molecular formula is C13H17N3O2S. The van der Waals surface area contributed by atoms with E-state index in [4.69, 9.17) is 5.26 Å². The molecule has 0 aliphatic carbocycles. The third kappa shape index (κ3) is 2.62. The summed E-state index contributed by atoms with van der Waals surface area (Å²) in [5, 5.41) is 8.69. The lowest BCUT2D eigenvalue weighted by Crippen LogP contribution is -2.47. The topological polar surface area (TPSA) is 74.1 Å². The Morgan fingerprint density at radius 2 is 1.95 bits per heavy atom. The highest BCUT2D eigenvalue weighted by molar-refractivity contribution is 7.89. The molecule has 2 rings (SSSR count). The summed E-state index contributed by atoms with van der Waals surface area (Å²) in [6.07, 6.45) is 4.09. The molecule has 0 N–H and O–H groups in total. The van der Waals surface area contributed by atoms with E-state index in [2.05, 4.69) is 4.98 Å². The summed E-state index contributed by atoms with van der Waals surface area (Å²) in [6, 6.07) is 4.78. The normalized spacial score (nSPS) is 24.9. The first-order valence-corrected chi connectivity index (χ1v) is 7.80. The summed E-state index contributed by atoms with van der Waals surface area (Å²) >= 11 is 0. The number of aromatic nitrogens is 1. The predicted octanol–water partition coefficient (Wildman–Crippen LogP) is 1.90. The van der Waals surface area contributed by atoms with E-state index in [1.807, 2.05) is 19.9 Å². The number of hydrogen-bond acceptors (Lipinski definition) is 4. The second-order valence-corrected chi connectivity index (χ2v) is 6.80. The van der Waals surface area contributed by atoms with Crippen molar-refractivity contribution in [2.75, 3.05) is 0 Å². The average molecular weight is 279 g/mol. The molecule has 6 heteroatoms. The Labute approximate surface area is 113 Å². The van der Waals surface area contributed by atoms with Crippen LogP contribution in [0.4, 0.5) is 0 Å². The smallest absolute Gasteiger partial charge is 0.244 e. The van der Waals surface area contributed by atoms with Crippen LogP contribution < -0.4 is 0 Å². The summed E-state index contributed by atoms with van der Waals surface area (Å²) in [4.78, 5) is 4.00. The molecule has 0 radical (unpaired) electrons. The second kappa shape index (κ2) is 5.27. The fourth-order valence-electron chi connectivity index (χ4n) is 2.59. The van der Waals surface area contributed by atoms with Gasteiger partial charge in [0.2, 0.25) is 10.0 Å². The Hall–Kier alpha value is -1.45. The van der Waals surface area contributed by atoms with E-state index < -0.39 is 10.0 Å². The van der Waals surface area contributed by atoms with Gasteiger partial charge in [-0.2, -0.15) is 9.57 Å². The Kier molecular flexibility index (Phi) is 3.88. The van der Waals surface area contributed by atoms with E-state index in [-0.39, 0.29) is 22.7 Å². The fraction of sp³-hybridized carbons (Fsp3) is 0.538. The van der Waals surface area contributed by atoms with Gasteiger partial charge in [0.1, 0.15) is 16.7 Å². The van der Waals surface area contributed by atoms with Gasteiger partial charge in [-0.25, -0.2) is 13.4 Å². The molecule has 1 aromatic rings. The van der Waals surface area contributed by atoms with Crippen molar-refractivity contribution in [3.8, 4) is 6.07 Å². The zero-order valence-corrected chi connectivity index (χ0v) is 11.9. The van der Waals surface area contributed by atoms with Gasteiger partial charge in [0, 0.05) is 18.3 Å². The van der Waals surface area contributed by atoms with Gasteiger partial charge in [-0.1, -0.05) is 6.42 Å². The first-order valence-electron chi connectivity index (χ1n) is 6.36. The molecule has 0 bridgehead atoms. The highest BCUT2D eigenvalue weighted by atomic mass is 32.2. The first kappa shape index (κ1) is 14.0. The number of nitrogens with zero attached hydrogens (tertiary/aromatic N) is 3. The fourth-order valence-corrected chi connectivity index (χ4v) is 4.42. The molecular weight excluding hydrogens is 262 g/mol. The van der Waals surface area contributed by atoms with Crippen LogP contribution in [-0.4, -0.2) is 29.8 Å². The summed E-state index contributed by atoms with van der Waals surface area (Å²) in [7, 11) is -3.52. The first-order chi connectivity index (χ1) is 8.96. The SMILES string of the molecule is C[C@@H]1CCC[C@H](C)N1S(=O)(=O)c1ccc(C#N)nc1. The zero-order valence-electron chi connectivity index (χ0n) is 11.1. The Morgan fingerprint density at radius 1 is 1.32 bits per heavy atom. The molecule has 1 aliphatic heterocycles. The molecule has 102 valence electrons. The number of piperidine rings is 1. The van der Waals surface area contributed by atoms with E-state index >= 15 is 0 Å². The van der Waals surface area contributed by atoms with E-state index in [1.165, 1.54) is 18.3 Å².